The van der Waals surface area contributed by atoms with Gasteiger partial charge in [0.15, 0.2) is 0 Å². The number of para-hydroxylation sites is 1. The van der Waals surface area contributed by atoms with Crippen molar-refractivity contribution in [2.75, 3.05) is 5.32 Å². The summed E-state index contributed by atoms with van der Waals surface area (Å²) < 4.78 is 1.56. The summed E-state index contributed by atoms with van der Waals surface area (Å²) in [4.78, 5) is 21.6. The van der Waals surface area contributed by atoms with E-state index in [0.29, 0.717) is 5.82 Å². The number of benzene rings is 1. The second kappa shape index (κ2) is 6.17. The van der Waals surface area contributed by atoms with Crippen molar-refractivity contribution >= 4 is 34.1 Å². The molecule has 8 heteroatoms. The number of thiophene rings is 1. The van der Waals surface area contributed by atoms with Crippen molar-refractivity contribution in [3.63, 3.8) is 0 Å². The number of fused-ring (bicyclic) bond motifs is 1. The molecule has 0 saturated carbocycles. The Morgan fingerprint density at radius 1 is 1.17 bits per heavy atom. The quantitative estimate of drug-likeness (QED) is 0.619. The van der Waals surface area contributed by atoms with Gasteiger partial charge in [0.05, 0.1) is 16.1 Å². The van der Waals surface area contributed by atoms with E-state index in [1.165, 1.54) is 6.33 Å². The molecule has 0 spiro atoms. The van der Waals surface area contributed by atoms with E-state index in [2.05, 4.69) is 25.6 Å². The van der Waals surface area contributed by atoms with Gasteiger partial charge in [-0.2, -0.15) is 0 Å². The van der Waals surface area contributed by atoms with Crippen LogP contribution in [0.1, 0.15) is 0 Å². The van der Waals surface area contributed by atoms with E-state index in [1.807, 2.05) is 41.8 Å². The minimum absolute atomic E-state index is 0.0683. The third-order valence-electron chi connectivity index (χ3n) is 3.42. The molecule has 0 fully saturated rings. The number of aromatic nitrogens is 5. The lowest BCUT2D eigenvalue weighted by Crippen LogP contribution is -2.20. The molecule has 4 aromatic rings. The lowest BCUT2D eigenvalue weighted by molar-refractivity contribution is -0.116. The molecule has 3 aromatic heterocycles. The molecule has 1 amide bonds. The van der Waals surface area contributed by atoms with E-state index >= 15 is 0 Å². The van der Waals surface area contributed by atoms with Crippen LogP contribution in [-0.2, 0) is 11.3 Å². The van der Waals surface area contributed by atoms with Crippen LogP contribution in [0.2, 0.25) is 0 Å². The van der Waals surface area contributed by atoms with Crippen LogP contribution in [0.3, 0.4) is 0 Å². The SMILES string of the molecule is O=C(Cn1nnc2ccccc21)Nc1cc(-c2cccs2)ncn1. The summed E-state index contributed by atoms with van der Waals surface area (Å²) in [5, 5.41) is 12.8. The molecule has 0 saturated heterocycles. The Morgan fingerprint density at radius 3 is 2.96 bits per heavy atom. The standard InChI is InChI=1S/C16H12N6OS/c23-16(9-22-13-5-2-1-4-11(13)20-21-22)19-15-8-12(17-10-18-15)14-6-3-7-24-14/h1-8,10H,9H2,(H,17,18,19,23). The number of rotatable bonds is 4. The predicted molar refractivity (Wildman–Crippen MR) is 91.5 cm³/mol. The number of carbonyl (C=O) groups excluding carboxylic acids is 1. The molecule has 0 bridgehead atoms. The molecule has 4 rings (SSSR count). The highest BCUT2D eigenvalue weighted by molar-refractivity contribution is 7.13. The second-order valence-corrected chi connectivity index (χ2v) is 6.00. The number of amides is 1. The first-order chi connectivity index (χ1) is 11.8. The van der Waals surface area contributed by atoms with Gasteiger partial charge in [-0.3, -0.25) is 4.79 Å². The van der Waals surface area contributed by atoms with Crippen LogP contribution < -0.4 is 5.32 Å². The summed E-state index contributed by atoms with van der Waals surface area (Å²) in [5.41, 5.74) is 2.35. The van der Waals surface area contributed by atoms with Gasteiger partial charge in [-0.05, 0) is 23.6 Å². The Labute approximate surface area is 141 Å². The van der Waals surface area contributed by atoms with Gasteiger partial charge in [-0.25, -0.2) is 14.6 Å². The topological polar surface area (TPSA) is 85.6 Å². The van der Waals surface area contributed by atoms with Gasteiger partial charge in [0.1, 0.15) is 24.2 Å². The molecular weight excluding hydrogens is 324 g/mol. The Bertz CT molecular complexity index is 995. The van der Waals surface area contributed by atoms with Crippen molar-refractivity contribution in [2.24, 2.45) is 0 Å². The Balaban J connectivity index is 1.51. The van der Waals surface area contributed by atoms with E-state index in [0.717, 1.165) is 21.6 Å². The first-order valence-electron chi connectivity index (χ1n) is 7.23. The molecule has 1 N–H and O–H groups in total. The summed E-state index contributed by atoms with van der Waals surface area (Å²) in [7, 11) is 0. The van der Waals surface area contributed by atoms with Gasteiger partial charge in [-0.15, -0.1) is 16.4 Å². The number of nitrogens with one attached hydrogen (secondary N) is 1. The largest absolute Gasteiger partial charge is 0.309 e. The van der Waals surface area contributed by atoms with Gasteiger partial charge in [0.2, 0.25) is 5.91 Å². The monoisotopic (exact) mass is 336 g/mol. The van der Waals surface area contributed by atoms with Crippen LogP contribution in [0, 0.1) is 0 Å². The first kappa shape index (κ1) is 14.5. The predicted octanol–water partition coefficient (Wildman–Crippen LogP) is 2.59. The minimum Gasteiger partial charge on any atom is -0.309 e. The lowest BCUT2D eigenvalue weighted by Gasteiger charge is -2.06. The number of carbonyl (C=O) groups is 1. The number of nitrogens with zero attached hydrogens (tertiary/aromatic N) is 5. The van der Waals surface area contributed by atoms with E-state index in [-0.39, 0.29) is 12.5 Å². The summed E-state index contributed by atoms with van der Waals surface area (Å²) >= 11 is 1.58. The van der Waals surface area contributed by atoms with Gasteiger partial charge in [0, 0.05) is 6.07 Å². The zero-order valence-corrected chi connectivity index (χ0v) is 13.3. The third kappa shape index (κ3) is 2.86. The maximum Gasteiger partial charge on any atom is 0.247 e. The highest BCUT2D eigenvalue weighted by Gasteiger charge is 2.10. The van der Waals surface area contributed by atoms with E-state index in [1.54, 1.807) is 22.1 Å². The van der Waals surface area contributed by atoms with Gasteiger partial charge < -0.3 is 5.32 Å². The van der Waals surface area contributed by atoms with Crippen molar-refractivity contribution in [1.82, 2.24) is 25.0 Å². The Hall–Kier alpha value is -3.13. The fourth-order valence-corrected chi connectivity index (χ4v) is 3.03. The molecule has 0 aliphatic heterocycles. The van der Waals surface area contributed by atoms with Crippen LogP contribution >= 0.6 is 11.3 Å². The van der Waals surface area contributed by atoms with Crippen LogP contribution in [0.4, 0.5) is 5.82 Å². The maximum absolute atomic E-state index is 12.3. The summed E-state index contributed by atoms with van der Waals surface area (Å²) in [6.07, 6.45) is 1.44. The summed E-state index contributed by atoms with van der Waals surface area (Å²) in [6, 6.07) is 13.2. The van der Waals surface area contributed by atoms with Crippen molar-refractivity contribution in [2.45, 2.75) is 6.54 Å². The molecule has 1 aromatic carbocycles. The molecule has 0 aliphatic carbocycles. The van der Waals surface area contributed by atoms with Crippen molar-refractivity contribution in [1.29, 1.82) is 0 Å². The Kier molecular flexibility index (Phi) is 3.72. The van der Waals surface area contributed by atoms with Gasteiger partial charge >= 0.3 is 0 Å². The molecule has 3 heterocycles. The highest BCUT2D eigenvalue weighted by atomic mass is 32.1. The molecule has 0 unspecified atom stereocenters. The summed E-state index contributed by atoms with van der Waals surface area (Å²) in [5.74, 6) is 0.240. The number of hydrogen-bond acceptors (Lipinski definition) is 6. The smallest absolute Gasteiger partial charge is 0.247 e. The summed E-state index contributed by atoms with van der Waals surface area (Å²) in [6.45, 7) is 0.0683. The zero-order chi connectivity index (χ0) is 16.4. The van der Waals surface area contributed by atoms with E-state index < -0.39 is 0 Å². The fourth-order valence-electron chi connectivity index (χ4n) is 2.34. The second-order valence-electron chi connectivity index (χ2n) is 5.05. The van der Waals surface area contributed by atoms with E-state index in [9.17, 15) is 4.79 Å². The van der Waals surface area contributed by atoms with Gasteiger partial charge in [0.25, 0.3) is 0 Å². The maximum atomic E-state index is 12.3. The van der Waals surface area contributed by atoms with Crippen molar-refractivity contribution in [3.8, 4) is 10.6 Å². The number of hydrogen-bond donors (Lipinski definition) is 1. The lowest BCUT2D eigenvalue weighted by atomic mass is 10.3. The van der Waals surface area contributed by atoms with Gasteiger partial charge in [-0.1, -0.05) is 23.4 Å². The molecule has 24 heavy (non-hydrogen) atoms. The average molecular weight is 336 g/mol. The molecule has 0 aliphatic rings. The third-order valence-corrected chi connectivity index (χ3v) is 4.31. The molecule has 118 valence electrons. The van der Waals surface area contributed by atoms with Crippen LogP contribution in [0.25, 0.3) is 21.6 Å². The molecular formula is C16H12N6OS. The normalized spacial score (nSPS) is 10.8. The fraction of sp³-hybridized carbons (Fsp3) is 0.0625. The zero-order valence-electron chi connectivity index (χ0n) is 12.5. The first-order valence-corrected chi connectivity index (χ1v) is 8.11. The molecule has 7 nitrogen and oxygen atoms in total. The molecule has 0 atom stereocenters. The highest BCUT2D eigenvalue weighted by Crippen LogP contribution is 2.23. The number of anilines is 1. The minimum atomic E-state index is -0.221. The molecule has 0 radical (unpaired) electrons. The van der Waals surface area contributed by atoms with E-state index in [4.69, 9.17) is 0 Å². The van der Waals surface area contributed by atoms with Crippen molar-refractivity contribution in [3.05, 3.63) is 54.2 Å². The average Bonchev–Trinajstić information content (AvgIpc) is 3.26. The Morgan fingerprint density at radius 2 is 2.08 bits per heavy atom. The van der Waals surface area contributed by atoms with Crippen LogP contribution in [0.15, 0.2) is 54.2 Å². The van der Waals surface area contributed by atoms with Crippen LogP contribution in [-0.4, -0.2) is 30.9 Å². The van der Waals surface area contributed by atoms with Crippen LogP contribution in [0.5, 0.6) is 0 Å². The van der Waals surface area contributed by atoms with Crippen molar-refractivity contribution < 1.29 is 4.79 Å².